The first kappa shape index (κ1) is 26.3. The topological polar surface area (TPSA) is 171 Å². The van der Waals surface area contributed by atoms with Crippen LogP contribution < -0.4 is 21.9 Å². The van der Waals surface area contributed by atoms with Crippen LogP contribution in [-0.4, -0.2) is 39.5 Å². The molecule has 184 valence electrons. The van der Waals surface area contributed by atoms with E-state index in [1.807, 2.05) is 13.8 Å². The maximum absolute atomic E-state index is 13.6. The second-order valence-electron chi connectivity index (χ2n) is 8.55. The van der Waals surface area contributed by atoms with Gasteiger partial charge in [0.25, 0.3) is 17.2 Å². The number of aromatic nitrogens is 2. The summed E-state index contributed by atoms with van der Waals surface area (Å²) in [6, 6.07) is 3.17. The monoisotopic (exact) mass is 475 g/mol. The molecule has 0 saturated carbocycles. The van der Waals surface area contributed by atoms with Gasteiger partial charge in [-0.1, -0.05) is 27.7 Å². The van der Waals surface area contributed by atoms with Crippen LogP contribution in [0.1, 0.15) is 55.3 Å². The van der Waals surface area contributed by atoms with Crippen LogP contribution in [0.3, 0.4) is 0 Å². The van der Waals surface area contributed by atoms with Gasteiger partial charge in [0.2, 0.25) is 0 Å². The van der Waals surface area contributed by atoms with E-state index in [2.05, 4.69) is 4.98 Å². The number of hydrogen-bond acceptors (Lipinski definition) is 8. The van der Waals surface area contributed by atoms with E-state index in [-0.39, 0.29) is 54.2 Å². The second kappa shape index (κ2) is 10.8. The summed E-state index contributed by atoms with van der Waals surface area (Å²) in [6.45, 7) is 9.13. The van der Waals surface area contributed by atoms with Crippen molar-refractivity contribution in [1.29, 1.82) is 0 Å². The number of nitrogens with one attached hydrogen (secondary N) is 1. The molecule has 0 spiro atoms. The van der Waals surface area contributed by atoms with Gasteiger partial charge in [-0.2, -0.15) is 0 Å². The Hall–Kier alpha value is -3.96. The molecule has 1 aromatic carbocycles. The number of ether oxygens (including phenoxy) is 1. The highest BCUT2D eigenvalue weighted by Gasteiger charge is 2.28. The summed E-state index contributed by atoms with van der Waals surface area (Å²) >= 11 is 0. The average Bonchev–Trinajstić information content (AvgIpc) is 2.74. The summed E-state index contributed by atoms with van der Waals surface area (Å²) in [7, 11) is 0. The molecule has 12 nitrogen and oxygen atoms in total. The van der Waals surface area contributed by atoms with E-state index in [0.717, 1.165) is 23.1 Å². The molecule has 1 amide bonds. The van der Waals surface area contributed by atoms with Crippen LogP contribution in [0.2, 0.25) is 0 Å². The number of aromatic amines is 1. The number of hydrogen-bond donors (Lipinski definition) is 2. The molecule has 0 bridgehead atoms. The number of nitro benzene ring substituents is 1. The number of amides is 1. The summed E-state index contributed by atoms with van der Waals surface area (Å²) in [5.74, 6) is -1.96. The fourth-order valence-electron chi connectivity index (χ4n) is 3.35. The Morgan fingerprint density at radius 2 is 1.76 bits per heavy atom. The molecule has 0 atom stereocenters. The van der Waals surface area contributed by atoms with E-state index in [4.69, 9.17) is 10.5 Å². The third kappa shape index (κ3) is 5.88. The van der Waals surface area contributed by atoms with Gasteiger partial charge < -0.3 is 15.4 Å². The fourth-order valence-corrected chi connectivity index (χ4v) is 3.35. The zero-order valence-electron chi connectivity index (χ0n) is 19.8. The average molecular weight is 476 g/mol. The number of nitrogens with zero attached hydrogens (tertiary/aromatic N) is 3. The smallest absolute Gasteiger partial charge is 0.338 e. The van der Waals surface area contributed by atoms with Crippen molar-refractivity contribution < 1.29 is 19.2 Å². The minimum absolute atomic E-state index is 0.0110. The normalized spacial score (nSPS) is 11.0. The lowest BCUT2D eigenvalue weighted by Crippen LogP contribution is -2.43. The lowest BCUT2D eigenvalue weighted by Gasteiger charge is -2.26. The first-order valence-corrected chi connectivity index (χ1v) is 10.8. The van der Waals surface area contributed by atoms with E-state index in [1.54, 1.807) is 20.8 Å². The van der Waals surface area contributed by atoms with E-state index >= 15 is 0 Å². The number of rotatable bonds is 9. The summed E-state index contributed by atoms with van der Waals surface area (Å²) in [4.78, 5) is 64.8. The molecule has 12 heteroatoms. The molecule has 0 unspecified atom stereocenters. The molecule has 0 fully saturated rings. The number of nitrogen functional groups attached to an aromatic ring is 1. The summed E-state index contributed by atoms with van der Waals surface area (Å²) < 4.78 is 6.08. The zero-order valence-corrected chi connectivity index (χ0v) is 19.8. The van der Waals surface area contributed by atoms with E-state index in [0.29, 0.717) is 0 Å². The third-order valence-corrected chi connectivity index (χ3v) is 4.71. The Kier molecular flexibility index (Phi) is 8.33. The Morgan fingerprint density at radius 1 is 1.15 bits per heavy atom. The number of non-ortho nitro benzene ring substituents is 1. The zero-order chi connectivity index (χ0) is 25.7. The number of benzene rings is 1. The van der Waals surface area contributed by atoms with Gasteiger partial charge in [0, 0.05) is 30.8 Å². The number of anilines is 2. The van der Waals surface area contributed by atoms with Crippen LogP contribution in [0.15, 0.2) is 27.8 Å². The van der Waals surface area contributed by atoms with Crippen LogP contribution in [0.5, 0.6) is 0 Å². The number of carbonyl (C=O) groups excluding carboxylic acids is 2. The molecule has 0 aliphatic carbocycles. The molecule has 3 N–H and O–H groups in total. The first-order valence-electron chi connectivity index (χ1n) is 10.8. The van der Waals surface area contributed by atoms with Crippen molar-refractivity contribution in [2.75, 3.05) is 23.8 Å². The summed E-state index contributed by atoms with van der Waals surface area (Å²) in [5, 5.41) is 11.4. The van der Waals surface area contributed by atoms with Crippen molar-refractivity contribution in [3.05, 3.63) is 60.3 Å². The molecule has 2 aromatic rings. The molecular formula is C22H29N5O7. The van der Waals surface area contributed by atoms with E-state index < -0.39 is 33.7 Å². The highest BCUT2D eigenvalue weighted by atomic mass is 16.6. The van der Waals surface area contributed by atoms with Crippen molar-refractivity contribution in [1.82, 2.24) is 9.55 Å². The number of nitro groups is 1. The maximum atomic E-state index is 13.6. The van der Waals surface area contributed by atoms with Gasteiger partial charge in [-0.05, 0) is 24.8 Å². The lowest BCUT2D eigenvalue weighted by atomic mass is 10.1. The standard InChI is InChI=1S/C22H29N5O7/c1-6-34-21(30)15-7-14(8-16(9-15)27(32)33)20(29)25(10-12(2)3)17-18(23)26(11-13(4)5)22(31)24-19(17)28/h7-9,12-13H,6,10-11,23H2,1-5H3,(H,24,28,31). The van der Waals surface area contributed by atoms with Crippen LogP contribution in [0.25, 0.3) is 0 Å². The van der Waals surface area contributed by atoms with Crippen LogP contribution >= 0.6 is 0 Å². The molecule has 0 saturated heterocycles. The van der Waals surface area contributed by atoms with Crippen LogP contribution in [0.4, 0.5) is 17.2 Å². The molecule has 2 rings (SSSR count). The fraction of sp³-hybridized carbons (Fsp3) is 0.455. The quantitative estimate of drug-likeness (QED) is 0.315. The minimum Gasteiger partial charge on any atom is -0.462 e. The Bertz CT molecular complexity index is 1210. The van der Waals surface area contributed by atoms with Gasteiger partial charge >= 0.3 is 11.7 Å². The number of esters is 1. The third-order valence-electron chi connectivity index (χ3n) is 4.71. The minimum atomic E-state index is -0.868. The van der Waals surface area contributed by atoms with E-state index in [1.165, 1.54) is 4.57 Å². The highest BCUT2D eigenvalue weighted by molar-refractivity contribution is 6.08. The first-order chi connectivity index (χ1) is 15.9. The second-order valence-corrected chi connectivity index (χ2v) is 8.55. The largest absolute Gasteiger partial charge is 0.462 e. The van der Waals surface area contributed by atoms with Crippen molar-refractivity contribution in [3.8, 4) is 0 Å². The van der Waals surface area contributed by atoms with Gasteiger partial charge in [0.15, 0.2) is 5.69 Å². The Labute approximate surface area is 195 Å². The van der Waals surface area contributed by atoms with E-state index in [9.17, 15) is 29.3 Å². The van der Waals surface area contributed by atoms with Crippen molar-refractivity contribution in [2.24, 2.45) is 11.8 Å². The van der Waals surface area contributed by atoms with Crippen LogP contribution in [0, 0.1) is 22.0 Å². The number of nitrogens with two attached hydrogens (primary N) is 1. The predicted molar refractivity (Wildman–Crippen MR) is 126 cm³/mol. The van der Waals surface area contributed by atoms with Gasteiger partial charge in [-0.25, -0.2) is 9.59 Å². The van der Waals surface area contributed by atoms with Gasteiger partial charge in [-0.15, -0.1) is 0 Å². The Balaban J connectivity index is 2.74. The number of carbonyl (C=O) groups is 2. The highest BCUT2D eigenvalue weighted by Crippen LogP contribution is 2.24. The van der Waals surface area contributed by atoms with Gasteiger partial charge in [0.1, 0.15) is 5.82 Å². The predicted octanol–water partition coefficient (Wildman–Crippen LogP) is 2.16. The molecule has 0 aliphatic rings. The molecule has 1 aromatic heterocycles. The molecule has 0 aliphatic heterocycles. The SMILES string of the molecule is CCOC(=O)c1cc(C(=O)N(CC(C)C)c2c(N)n(CC(C)C)c(=O)[nH]c2=O)cc([N+](=O)[O-])c1. The molecule has 34 heavy (non-hydrogen) atoms. The van der Waals surface area contributed by atoms with Gasteiger partial charge in [-0.3, -0.25) is 29.3 Å². The molecule has 1 heterocycles. The number of H-pyrrole nitrogens is 1. The van der Waals surface area contributed by atoms with Crippen molar-refractivity contribution in [2.45, 2.75) is 41.2 Å². The van der Waals surface area contributed by atoms with Crippen molar-refractivity contribution >= 4 is 29.1 Å². The van der Waals surface area contributed by atoms with Crippen LogP contribution in [-0.2, 0) is 11.3 Å². The Morgan fingerprint density at radius 3 is 2.29 bits per heavy atom. The summed E-state index contributed by atoms with van der Waals surface area (Å²) in [6.07, 6.45) is 0. The van der Waals surface area contributed by atoms with Gasteiger partial charge in [0.05, 0.1) is 17.1 Å². The molecular weight excluding hydrogens is 446 g/mol. The summed E-state index contributed by atoms with van der Waals surface area (Å²) in [5.41, 5.74) is 3.47. The molecule has 0 radical (unpaired) electrons. The maximum Gasteiger partial charge on any atom is 0.338 e. The lowest BCUT2D eigenvalue weighted by molar-refractivity contribution is -0.384. The van der Waals surface area contributed by atoms with Crippen molar-refractivity contribution in [3.63, 3.8) is 0 Å².